The van der Waals surface area contributed by atoms with Crippen molar-refractivity contribution in [1.82, 2.24) is 16.2 Å². The van der Waals surface area contributed by atoms with Gasteiger partial charge < -0.3 is 0 Å². The zero-order chi connectivity index (χ0) is 9.52. The topological polar surface area (TPSA) is 67.1 Å². The van der Waals surface area contributed by atoms with Crippen LogP contribution in [0.5, 0.6) is 0 Å². The van der Waals surface area contributed by atoms with Crippen molar-refractivity contribution in [1.29, 1.82) is 0 Å². The van der Waals surface area contributed by atoms with Crippen molar-refractivity contribution < 1.29 is 9.79 Å². The molecule has 0 saturated heterocycles. The first-order valence-corrected chi connectivity index (χ1v) is 4.82. The third kappa shape index (κ3) is 3.98. The lowest BCUT2D eigenvalue weighted by Crippen LogP contribution is -2.80. The highest BCUT2D eigenvalue weighted by Crippen LogP contribution is 1.82. The number of guanidine groups is 1. The minimum Gasteiger partial charge on any atom is -0.276 e. The lowest BCUT2D eigenvalue weighted by Gasteiger charge is -2.02. The van der Waals surface area contributed by atoms with E-state index in [1.807, 2.05) is 0 Å². The molecule has 0 aliphatic carbocycles. The van der Waals surface area contributed by atoms with Gasteiger partial charge in [0.2, 0.25) is 0 Å². The third-order valence-electron chi connectivity index (χ3n) is 1.66. The molecule has 0 saturated carbocycles. The second-order valence-corrected chi connectivity index (χ2v) is 3.01. The van der Waals surface area contributed by atoms with Crippen LogP contribution in [0.25, 0.3) is 0 Å². The van der Waals surface area contributed by atoms with E-state index in [-0.39, 0.29) is 11.8 Å². The van der Waals surface area contributed by atoms with Crippen LogP contribution < -0.4 is 21.2 Å². The zero-order valence-electron chi connectivity index (χ0n) is 7.32. The van der Waals surface area contributed by atoms with Crippen LogP contribution >= 0.6 is 11.6 Å². The van der Waals surface area contributed by atoms with Gasteiger partial charge in [-0.2, -0.15) is 5.43 Å². The normalized spacial score (nSPS) is 16.5. The maximum absolute atomic E-state index is 10.8. The Morgan fingerprint density at radius 2 is 2.46 bits per heavy atom. The summed E-state index contributed by atoms with van der Waals surface area (Å²) in [6, 6.07) is 0. The molecule has 0 aromatic carbocycles. The predicted molar refractivity (Wildman–Crippen MR) is 50.1 cm³/mol. The second-order valence-electron chi connectivity index (χ2n) is 2.74. The lowest BCUT2D eigenvalue weighted by atomic mass is 10.3. The number of amides is 1. The highest BCUT2D eigenvalue weighted by Gasteiger charge is 2.09. The minimum atomic E-state index is -0.248. The molecular formula is C7H14ClN4O+. The monoisotopic (exact) mass is 205 g/mol. The Labute approximate surface area is 81.9 Å². The van der Waals surface area contributed by atoms with Gasteiger partial charge in [-0.3, -0.25) is 15.1 Å². The van der Waals surface area contributed by atoms with E-state index in [9.17, 15) is 4.79 Å². The number of hydrogen-bond acceptors (Lipinski definition) is 3. The quantitative estimate of drug-likeness (QED) is 0.287. The molecule has 0 radical (unpaired) electrons. The average molecular weight is 206 g/mol. The van der Waals surface area contributed by atoms with Crippen molar-refractivity contribution in [2.24, 2.45) is 0 Å². The zero-order valence-corrected chi connectivity index (χ0v) is 8.08. The number of carbonyl (C=O) groups is 1. The number of halogens is 1. The number of carbonyl (C=O) groups excluding carboxylic acids is 1. The lowest BCUT2D eigenvalue weighted by molar-refractivity contribution is -0.460. The smallest absolute Gasteiger partial charge is 0.276 e. The maximum Gasteiger partial charge on any atom is 0.365 e. The Balaban J connectivity index is 2.26. The summed E-state index contributed by atoms with van der Waals surface area (Å²) in [4.78, 5) is 13.9. The molecule has 0 unspecified atom stereocenters. The van der Waals surface area contributed by atoms with Crippen molar-refractivity contribution in [3.63, 3.8) is 0 Å². The molecule has 1 amide bonds. The largest absolute Gasteiger partial charge is 0.365 e. The summed E-state index contributed by atoms with van der Waals surface area (Å²) in [7, 11) is 0. The molecular weight excluding hydrogens is 192 g/mol. The Kier molecular flexibility index (Phi) is 4.39. The van der Waals surface area contributed by atoms with Crippen LogP contribution in [-0.2, 0) is 4.79 Å². The van der Waals surface area contributed by atoms with Gasteiger partial charge in [0, 0.05) is 0 Å². The molecule has 5 nitrogen and oxygen atoms in total. The van der Waals surface area contributed by atoms with E-state index in [4.69, 9.17) is 11.6 Å². The molecule has 6 heteroatoms. The molecule has 0 atom stereocenters. The SMILES string of the molecule is O=C(CCl)NNC1=[NH+]CCCCN1. The summed E-state index contributed by atoms with van der Waals surface area (Å²) in [6.07, 6.45) is 2.25. The number of hydrogen-bond donors (Lipinski definition) is 4. The van der Waals surface area contributed by atoms with Gasteiger partial charge in [0.25, 0.3) is 5.91 Å². The van der Waals surface area contributed by atoms with Gasteiger partial charge in [0.15, 0.2) is 0 Å². The molecule has 0 spiro atoms. The van der Waals surface area contributed by atoms with Crippen molar-refractivity contribution >= 4 is 23.5 Å². The Bertz CT molecular complexity index is 207. The molecule has 0 aromatic heterocycles. The van der Waals surface area contributed by atoms with Gasteiger partial charge in [-0.05, 0) is 12.8 Å². The van der Waals surface area contributed by atoms with Gasteiger partial charge in [0.05, 0.1) is 13.1 Å². The van der Waals surface area contributed by atoms with E-state index in [0.717, 1.165) is 31.9 Å². The van der Waals surface area contributed by atoms with Crippen molar-refractivity contribution in [2.45, 2.75) is 12.8 Å². The Morgan fingerprint density at radius 1 is 1.62 bits per heavy atom. The fourth-order valence-corrected chi connectivity index (χ4v) is 1.06. The van der Waals surface area contributed by atoms with Crippen molar-refractivity contribution in [3.8, 4) is 0 Å². The van der Waals surface area contributed by atoms with Crippen LogP contribution in [0.4, 0.5) is 0 Å². The second kappa shape index (κ2) is 5.64. The van der Waals surface area contributed by atoms with E-state index in [1.54, 1.807) is 0 Å². The molecule has 4 N–H and O–H groups in total. The molecule has 1 heterocycles. The standard InChI is InChI=1S/C7H13ClN4O/c8-5-6(13)11-12-7-9-3-1-2-4-10-7/h1-5H2,(H,11,13)(H2,9,10,12)/p+1. The summed E-state index contributed by atoms with van der Waals surface area (Å²) < 4.78 is 0. The molecule has 0 bridgehead atoms. The summed E-state index contributed by atoms with van der Waals surface area (Å²) in [5.74, 6) is 0.443. The van der Waals surface area contributed by atoms with Crippen molar-refractivity contribution in [2.75, 3.05) is 19.0 Å². The Morgan fingerprint density at radius 3 is 3.23 bits per heavy atom. The molecule has 1 aliphatic rings. The highest BCUT2D eigenvalue weighted by atomic mass is 35.5. The molecule has 74 valence electrons. The highest BCUT2D eigenvalue weighted by molar-refractivity contribution is 6.27. The third-order valence-corrected chi connectivity index (χ3v) is 1.90. The number of nitrogens with one attached hydrogen (secondary N) is 4. The van der Waals surface area contributed by atoms with E-state index in [2.05, 4.69) is 21.2 Å². The van der Waals surface area contributed by atoms with E-state index >= 15 is 0 Å². The maximum atomic E-state index is 10.8. The van der Waals surface area contributed by atoms with Crippen LogP contribution in [0.15, 0.2) is 0 Å². The fourth-order valence-electron chi connectivity index (χ4n) is 0.993. The van der Waals surface area contributed by atoms with Gasteiger partial charge in [0.1, 0.15) is 5.88 Å². The van der Waals surface area contributed by atoms with E-state index in [0.29, 0.717) is 0 Å². The minimum absolute atomic E-state index is 0.0414. The van der Waals surface area contributed by atoms with Crippen LogP contribution in [0, 0.1) is 0 Å². The predicted octanol–water partition coefficient (Wildman–Crippen LogP) is -2.33. The summed E-state index contributed by atoms with van der Waals surface area (Å²) in [5.41, 5.74) is 5.17. The molecule has 1 aliphatic heterocycles. The van der Waals surface area contributed by atoms with E-state index < -0.39 is 0 Å². The first kappa shape index (κ1) is 10.1. The van der Waals surface area contributed by atoms with Crippen LogP contribution in [0.1, 0.15) is 12.8 Å². The average Bonchev–Trinajstić information content (AvgIpc) is 2.42. The molecule has 0 aromatic rings. The van der Waals surface area contributed by atoms with Gasteiger partial charge in [-0.15, -0.1) is 11.6 Å². The van der Waals surface area contributed by atoms with Crippen molar-refractivity contribution in [3.05, 3.63) is 0 Å². The molecule has 0 fully saturated rings. The van der Waals surface area contributed by atoms with E-state index in [1.165, 1.54) is 0 Å². The van der Waals surface area contributed by atoms with Gasteiger partial charge in [-0.25, -0.2) is 5.43 Å². The molecule has 1 rings (SSSR count). The van der Waals surface area contributed by atoms with Crippen LogP contribution in [-0.4, -0.2) is 30.8 Å². The fraction of sp³-hybridized carbons (Fsp3) is 0.714. The van der Waals surface area contributed by atoms with Crippen LogP contribution in [0.2, 0.25) is 0 Å². The first-order chi connectivity index (χ1) is 6.33. The molecule has 13 heavy (non-hydrogen) atoms. The summed E-state index contributed by atoms with van der Waals surface area (Å²) in [6.45, 7) is 1.82. The number of hydrazine groups is 1. The Hall–Kier alpha value is -0.970. The number of rotatable bonds is 1. The number of alkyl halides is 1. The first-order valence-electron chi connectivity index (χ1n) is 4.28. The van der Waals surface area contributed by atoms with Gasteiger partial charge in [-0.1, -0.05) is 0 Å². The summed E-state index contributed by atoms with van der Waals surface area (Å²) >= 11 is 5.30. The van der Waals surface area contributed by atoms with Gasteiger partial charge >= 0.3 is 5.96 Å². The van der Waals surface area contributed by atoms with Crippen LogP contribution in [0.3, 0.4) is 0 Å². The summed E-state index contributed by atoms with van der Waals surface area (Å²) in [5, 5.41) is 3.10.